The van der Waals surface area contributed by atoms with Gasteiger partial charge in [-0.1, -0.05) is 0 Å². The third-order valence-electron chi connectivity index (χ3n) is 3.56. The number of ether oxygens (including phenoxy) is 1. The van der Waals surface area contributed by atoms with Crippen LogP contribution in [0.4, 0.5) is 0 Å². The molecule has 24 heavy (non-hydrogen) atoms. The standard InChI is InChI=1S/C14H13N2O2.C5H5.Fe/c1-8(17)12-9(2)18-14(16)11(7-15)13(12)10-5-3-4-6-10;1-2-4-5-3-1;/h3-6,13H,16H2,1-2H3;1-5H;/q-5;-1;. The van der Waals surface area contributed by atoms with Gasteiger partial charge in [-0.3, -0.25) is 4.79 Å². The Morgan fingerprint density at radius 1 is 1.33 bits per heavy atom. The molecule has 1 aliphatic rings. The first-order valence-electron chi connectivity index (χ1n) is 7.23. The molecule has 0 fully saturated rings. The molecule has 0 saturated heterocycles. The predicted molar refractivity (Wildman–Crippen MR) is 88.1 cm³/mol. The van der Waals surface area contributed by atoms with Crippen molar-refractivity contribution in [2.24, 2.45) is 5.73 Å². The van der Waals surface area contributed by atoms with Crippen LogP contribution in [-0.4, -0.2) is 5.78 Å². The van der Waals surface area contributed by atoms with E-state index in [9.17, 15) is 10.1 Å². The van der Waals surface area contributed by atoms with Crippen molar-refractivity contribution in [1.82, 2.24) is 0 Å². The number of carbonyl (C=O) groups is 1. The van der Waals surface area contributed by atoms with Crippen molar-refractivity contribution in [3.8, 4) is 6.07 Å². The molecule has 4 nitrogen and oxygen atoms in total. The second kappa shape index (κ2) is 8.93. The summed E-state index contributed by atoms with van der Waals surface area (Å²) in [6, 6.07) is 19.5. The quantitative estimate of drug-likeness (QED) is 0.656. The number of hydrogen-bond acceptors (Lipinski definition) is 4. The van der Waals surface area contributed by atoms with Crippen LogP contribution in [0, 0.1) is 11.3 Å². The summed E-state index contributed by atoms with van der Waals surface area (Å²) in [4.78, 5) is 11.8. The number of carbonyl (C=O) groups excluding carboxylic acids is 1. The number of allylic oxidation sites excluding steroid dienone is 3. The van der Waals surface area contributed by atoms with Crippen LogP contribution in [0.1, 0.15) is 25.3 Å². The summed E-state index contributed by atoms with van der Waals surface area (Å²) < 4.78 is 5.29. The van der Waals surface area contributed by atoms with Gasteiger partial charge in [0.1, 0.15) is 5.76 Å². The Kier molecular flexibility index (Phi) is 7.26. The Morgan fingerprint density at radius 3 is 2.33 bits per heavy atom. The van der Waals surface area contributed by atoms with Gasteiger partial charge >= 0.3 is 0 Å². The van der Waals surface area contributed by atoms with Crippen molar-refractivity contribution in [3.05, 3.63) is 82.9 Å². The largest absolute Gasteiger partial charge is 0.748 e. The van der Waals surface area contributed by atoms with E-state index in [4.69, 9.17) is 10.5 Å². The summed E-state index contributed by atoms with van der Waals surface area (Å²) in [5, 5.41) is 9.21. The first-order valence-corrected chi connectivity index (χ1v) is 7.23. The summed E-state index contributed by atoms with van der Waals surface area (Å²) in [7, 11) is 0. The molecule has 1 aliphatic heterocycles. The zero-order valence-corrected chi connectivity index (χ0v) is 14.6. The van der Waals surface area contributed by atoms with Crippen LogP contribution in [0.5, 0.6) is 0 Å². The van der Waals surface area contributed by atoms with Gasteiger partial charge in [-0.2, -0.15) is 23.5 Å². The van der Waals surface area contributed by atoms with Crippen LogP contribution in [0.3, 0.4) is 0 Å². The van der Waals surface area contributed by atoms with Crippen LogP contribution in [-0.2, 0) is 26.6 Å². The van der Waals surface area contributed by atoms with Crippen LogP contribution in [0.2, 0.25) is 0 Å². The van der Waals surface area contributed by atoms with Crippen LogP contribution >= 0.6 is 0 Å². The van der Waals surface area contributed by atoms with E-state index in [1.807, 2.05) is 60.7 Å². The molecule has 3 rings (SSSR count). The van der Waals surface area contributed by atoms with Gasteiger partial charge in [0.2, 0.25) is 5.88 Å². The molecule has 2 aromatic rings. The first-order chi connectivity index (χ1) is 11.1. The Labute approximate surface area is 152 Å². The molecular weight excluding hydrogens is 344 g/mol. The van der Waals surface area contributed by atoms with Gasteiger partial charge in [-0.15, -0.1) is 5.92 Å². The normalized spacial score (nSPS) is 16.3. The number of ketones is 1. The average Bonchev–Trinajstić information content (AvgIpc) is 3.22. The molecule has 1 heterocycles. The van der Waals surface area contributed by atoms with Gasteiger partial charge in [0, 0.05) is 22.6 Å². The third kappa shape index (κ3) is 4.26. The molecule has 0 saturated carbocycles. The average molecular weight is 362 g/mol. The molecule has 0 spiro atoms. The minimum absolute atomic E-state index is 0. The summed E-state index contributed by atoms with van der Waals surface area (Å²) in [6.07, 6.45) is 0. The fraction of sp³-hybridized carbons (Fsp3) is 0.158. The Bertz CT molecular complexity index is 746. The van der Waals surface area contributed by atoms with E-state index >= 15 is 0 Å². The van der Waals surface area contributed by atoms with Gasteiger partial charge in [-0.05, 0) is 13.8 Å². The maximum atomic E-state index is 11.8. The Hall–Kier alpha value is -2.54. The van der Waals surface area contributed by atoms with Gasteiger partial charge < -0.3 is 40.3 Å². The molecule has 130 valence electrons. The molecule has 0 radical (unpaired) electrons. The fourth-order valence-electron chi connectivity index (χ4n) is 2.57. The van der Waals surface area contributed by atoms with E-state index in [-0.39, 0.29) is 34.3 Å². The summed E-state index contributed by atoms with van der Waals surface area (Å²) >= 11 is 0. The Morgan fingerprint density at radius 2 is 1.92 bits per heavy atom. The molecular formula is C19H18FeN2O2-6. The molecule has 5 heteroatoms. The predicted octanol–water partition coefficient (Wildman–Crippen LogP) is 3.48. The van der Waals surface area contributed by atoms with Crippen LogP contribution < -0.4 is 5.73 Å². The number of nitrogens with two attached hydrogens (primary N) is 1. The van der Waals surface area contributed by atoms with E-state index < -0.39 is 5.92 Å². The van der Waals surface area contributed by atoms with Crippen molar-refractivity contribution in [2.45, 2.75) is 19.8 Å². The second-order valence-electron chi connectivity index (χ2n) is 5.13. The van der Waals surface area contributed by atoms with Gasteiger partial charge in [0.15, 0.2) is 5.78 Å². The molecule has 1 atom stereocenters. The van der Waals surface area contributed by atoms with Gasteiger partial charge in [0.05, 0.1) is 11.6 Å². The van der Waals surface area contributed by atoms with Crippen molar-refractivity contribution in [3.63, 3.8) is 0 Å². The molecule has 2 N–H and O–H groups in total. The topological polar surface area (TPSA) is 76.1 Å². The minimum atomic E-state index is -0.420. The smallest absolute Gasteiger partial charge is 0.202 e. The number of nitrogens with zero attached hydrogens (tertiary/aromatic N) is 1. The molecule has 0 aromatic heterocycles. The van der Waals surface area contributed by atoms with E-state index in [1.54, 1.807) is 6.92 Å². The molecule has 1 unspecified atom stereocenters. The van der Waals surface area contributed by atoms with Crippen LogP contribution in [0.15, 0.2) is 77.4 Å². The van der Waals surface area contributed by atoms with E-state index in [0.29, 0.717) is 11.3 Å². The SMILES string of the molecule is CC(=O)C1=C(C)OC(N)=C(C#N)C1[c-]1[cH-][cH-][cH-][cH-]1.[Fe].c1cc[cH-]c1. The summed E-state index contributed by atoms with van der Waals surface area (Å²) in [5.74, 6) is 0.00611. The number of nitriles is 1. The molecule has 0 aliphatic carbocycles. The molecule has 2 aromatic carbocycles. The van der Waals surface area contributed by atoms with Crippen molar-refractivity contribution in [2.75, 3.05) is 0 Å². The van der Waals surface area contributed by atoms with Gasteiger partial charge in [-0.25, -0.2) is 12.1 Å². The third-order valence-corrected chi connectivity index (χ3v) is 3.56. The van der Waals surface area contributed by atoms with E-state index in [2.05, 4.69) is 0 Å². The summed E-state index contributed by atoms with van der Waals surface area (Å²) in [5.41, 5.74) is 7.39. The zero-order chi connectivity index (χ0) is 16.8. The summed E-state index contributed by atoms with van der Waals surface area (Å²) in [6.45, 7) is 3.16. The molecule has 0 bridgehead atoms. The van der Waals surface area contributed by atoms with Crippen molar-refractivity contribution >= 4 is 5.78 Å². The molecule has 0 amide bonds. The minimum Gasteiger partial charge on any atom is -0.748 e. The van der Waals surface area contributed by atoms with Crippen molar-refractivity contribution in [1.29, 1.82) is 5.26 Å². The van der Waals surface area contributed by atoms with Crippen LogP contribution in [0.25, 0.3) is 0 Å². The first kappa shape index (κ1) is 19.5. The maximum Gasteiger partial charge on any atom is 0.202 e. The monoisotopic (exact) mass is 362 g/mol. The number of Topliss-reactive ketones (excluding diaryl/α,β-unsaturated/α-hetero) is 1. The van der Waals surface area contributed by atoms with E-state index in [0.717, 1.165) is 5.56 Å². The number of hydrogen-bond donors (Lipinski definition) is 1. The van der Waals surface area contributed by atoms with Gasteiger partial charge in [0.25, 0.3) is 0 Å². The zero-order valence-electron chi connectivity index (χ0n) is 13.5. The number of rotatable bonds is 2. The van der Waals surface area contributed by atoms with Crippen molar-refractivity contribution < 1.29 is 26.6 Å². The fourth-order valence-corrected chi connectivity index (χ4v) is 2.57. The Balaban J connectivity index is 0.000000412. The second-order valence-corrected chi connectivity index (χ2v) is 5.13. The maximum absolute atomic E-state index is 11.8. The van der Waals surface area contributed by atoms with E-state index in [1.165, 1.54) is 6.92 Å².